The van der Waals surface area contributed by atoms with Gasteiger partial charge in [-0.05, 0) is 106 Å². The van der Waals surface area contributed by atoms with Crippen molar-refractivity contribution in [3.05, 3.63) is 142 Å². The van der Waals surface area contributed by atoms with E-state index in [2.05, 4.69) is 24.4 Å². The van der Waals surface area contributed by atoms with E-state index < -0.39 is 11.7 Å². The molecule has 1 aliphatic heterocycles. The van der Waals surface area contributed by atoms with Crippen LogP contribution < -0.4 is 15.0 Å². The maximum Gasteiger partial charge on any atom is 0.407 e. The van der Waals surface area contributed by atoms with Gasteiger partial charge in [0.25, 0.3) is 11.8 Å². The molecule has 1 atom stereocenters. The molecule has 2 heterocycles. The molecule has 0 spiro atoms. The van der Waals surface area contributed by atoms with Crippen LogP contribution in [0.1, 0.15) is 76.4 Å². The zero-order valence-corrected chi connectivity index (χ0v) is 31.6. The topological polar surface area (TPSA) is 93.1 Å². The van der Waals surface area contributed by atoms with Crippen molar-refractivity contribution < 1.29 is 23.9 Å². The summed E-state index contributed by atoms with van der Waals surface area (Å²) in [6, 6.07) is 33.1. The van der Waals surface area contributed by atoms with Crippen LogP contribution in [0.2, 0.25) is 0 Å². The Hall–Kier alpha value is -5.83. The van der Waals surface area contributed by atoms with Crippen molar-refractivity contribution in [1.29, 1.82) is 0 Å². The molecular formula is C44H48N4O5. The molecule has 6 rings (SSSR count). The molecule has 0 unspecified atom stereocenters. The summed E-state index contributed by atoms with van der Waals surface area (Å²) >= 11 is 0. The number of carbonyl (C=O) groups excluding carboxylic acids is 3. The SMILES string of the molecule is Cc1c(C(=O)N(C)c2ccc(OCc3ccccc3)cc2)cc(-c2cc(CNC(=O)OC(C)(C)C)ccc2C(=O)N2Cc3ccccc3C[C@H]2C)n1C. The van der Waals surface area contributed by atoms with Crippen LogP contribution in [0.5, 0.6) is 5.75 Å². The van der Waals surface area contributed by atoms with Gasteiger partial charge in [-0.2, -0.15) is 0 Å². The Morgan fingerprint density at radius 2 is 1.53 bits per heavy atom. The van der Waals surface area contributed by atoms with Gasteiger partial charge >= 0.3 is 6.09 Å². The van der Waals surface area contributed by atoms with E-state index in [4.69, 9.17) is 9.47 Å². The molecule has 5 aromatic rings. The fourth-order valence-corrected chi connectivity index (χ4v) is 6.67. The Kier molecular flexibility index (Phi) is 10.7. The maximum atomic E-state index is 14.5. The van der Waals surface area contributed by atoms with E-state index in [0.717, 1.165) is 40.2 Å². The lowest BCUT2D eigenvalue weighted by Gasteiger charge is -2.35. The monoisotopic (exact) mass is 712 g/mol. The van der Waals surface area contributed by atoms with E-state index in [0.29, 0.717) is 35.6 Å². The summed E-state index contributed by atoms with van der Waals surface area (Å²) in [6.45, 7) is 10.6. The lowest BCUT2D eigenvalue weighted by Crippen LogP contribution is -2.42. The predicted molar refractivity (Wildman–Crippen MR) is 208 cm³/mol. The van der Waals surface area contributed by atoms with Crippen molar-refractivity contribution in [3.63, 3.8) is 0 Å². The van der Waals surface area contributed by atoms with Gasteiger partial charge < -0.3 is 29.2 Å². The van der Waals surface area contributed by atoms with Gasteiger partial charge in [0.05, 0.1) is 5.56 Å². The molecule has 0 saturated carbocycles. The molecule has 1 N–H and O–H groups in total. The average Bonchev–Trinajstić information content (AvgIpc) is 3.44. The number of nitrogens with one attached hydrogen (secondary N) is 1. The first-order valence-corrected chi connectivity index (χ1v) is 18.0. The van der Waals surface area contributed by atoms with Gasteiger partial charge in [0.15, 0.2) is 0 Å². The molecule has 9 heteroatoms. The molecule has 0 aliphatic carbocycles. The van der Waals surface area contributed by atoms with Crippen LogP contribution in [0.15, 0.2) is 103 Å². The van der Waals surface area contributed by atoms with Crippen molar-refractivity contribution in [2.45, 2.75) is 72.4 Å². The summed E-state index contributed by atoms with van der Waals surface area (Å²) in [4.78, 5) is 44.6. The van der Waals surface area contributed by atoms with Gasteiger partial charge in [0.2, 0.25) is 0 Å². The first-order valence-electron chi connectivity index (χ1n) is 18.0. The third-order valence-corrected chi connectivity index (χ3v) is 9.74. The van der Waals surface area contributed by atoms with Crippen LogP contribution in [-0.4, -0.2) is 46.1 Å². The normalized spacial score (nSPS) is 13.9. The van der Waals surface area contributed by atoms with Crippen LogP contribution in [0, 0.1) is 6.92 Å². The Morgan fingerprint density at radius 1 is 0.849 bits per heavy atom. The third kappa shape index (κ3) is 8.46. The number of hydrogen-bond donors (Lipinski definition) is 1. The van der Waals surface area contributed by atoms with Crippen molar-refractivity contribution in [1.82, 2.24) is 14.8 Å². The summed E-state index contributed by atoms with van der Waals surface area (Å²) in [7, 11) is 3.65. The van der Waals surface area contributed by atoms with Gasteiger partial charge in [-0.3, -0.25) is 9.59 Å². The predicted octanol–water partition coefficient (Wildman–Crippen LogP) is 8.47. The molecule has 0 saturated heterocycles. The van der Waals surface area contributed by atoms with Gasteiger partial charge in [0, 0.05) is 61.4 Å². The first-order chi connectivity index (χ1) is 25.3. The summed E-state index contributed by atoms with van der Waals surface area (Å²) < 4.78 is 13.4. The molecule has 53 heavy (non-hydrogen) atoms. The summed E-state index contributed by atoms with van der Waals surface area (Å²) in [5.41, 5.74) is 7.54. The second-order valence-corrected chi connectivity index (χ2v) is 14.7. The zero-order valence-electron chi connectivity index (χ0n) is 31.6. The highest BCUT2D eigenvalue weighted by Gasteiger charge is 2.30. The molecular weight excluding hydrogens is 665 g/mol. The number of amides is 3. The quantitative estimate of drug-likeness (QED) is 0.166. The van der Waals surface area contributed by atoms with Crippen LogP contribution in [0.25, 0.3) is 11.3 Å². The number of ether oxygens (including phenoxy) is 2. The number of nitrogens with zero attached hydrogens (tertiary/aromatic N) is 3. The molecule has 9 nitrogen and oxygen atoms in total. The fourth-order valence-electron chi connectivity index (χ4n) is 6.67. The minimum Gasteiger partial charge on any atom is -0.489 e. The van der Waals surface area contributed by atoms with Gasteiger partial charge in [-0.1, -0.05) is 60.7 Å². The summed E-state index contributed by atoms with van der Waals surface area (Å²) in [5, 5.41) is 2.83. The minimum atomic E-state index is -0.635. The lowest BCUT2D eigenvalue weighted by atomic mass is 9.93. The molecule has 3 amide bonds. The zero-order chi connectivity index (χ0) is 37.9. The summed E-state index contributed by atoms with van der Waals surface area (Å²) in [6.07, 6.45) is 0.241. The Balaban J connectivity index is 1.29. The Morgan fingerprint density at radius 3 is 2.23 bits per heavy atom. The van der Waals surface area contributed by atoms with E-state index in [1.54, 1.807) is 11.9 Å². The van der Waals surface area contributed by atoms with Crippen molar-refractivity contribution in [2.24, 2.45) is 7.05 Å². The number of fused-ring (bicyclic) bond motifs is 1. The van der Waals surface area contributed by atoms with E-state index >= 15 is 0 Å². The van der Waals surface area contributed by atoms with E-state index in [1.165, 1.54) is 5.56 Å². The highest BCUT2D eigenvalue weighted by Crippen LogP contribution is 2.33. The van der Waals surface area contributed by atoms with Crippen LogP contribution in [0.3, 0.4) is 0 Å². The standard InChI is InChI=1S/C44H48N4O5/c1-29-23-33-15-11-12-16-34(33)27-48(29)42(50)37-22-17-32(26-45-43(51)53-44(3,4)5)24-39(37)40-25-38(30(2)46(40)6)41(49)47(7)35-18-20-36(21-19-35)52-28-31-13-9-8-10-14-31/h8-22,24-25,29H,23,26-28H2,1-7H3,(H,45,51)/t29-/m1/s1. The fraction of sp³-hybridized carbons (Fsp3) is 0.295. The first kappa shape index (κ1) is 36.9. The van der Waals surface area contributed by atoms with Gasteiger partial charge in [-0.25, -0.2) is 4.79 Å². The van der Waals surface area contributed by atoms with Crippen LogP contribution in [0.4, 0.5) is 10.5 Å². The number of benzene rings is 4. The number of rotatable bonds is 9. The second kappa shape index (κ2) is 15.4. The van der Waals surface area contributed by atoms with E-state index in [1.807, 2.05) is 135 Å². The van der Waals surface area contributed by atoms with E-state index in [9.17, 15) is 14.4 Å². The molecule has 0 bridgehead atoms. The molecule has 1 aliphatic rings. The summed E-state index contributed by atoms with van der Waals surface area (Å²) in [5.74, 6) is 0.438. The highest BCUT2D eigenvalue weighted by atomic mass is 16.6. The van der Waals surface area contributed by atoms with Crippen molar-refractivity contribution in [3.8, 4) is 17.0 Å². The number of hydrogen-bond acceptors (Lipinski definition) is 5. The largest absolute Gasteiger partial charge is 0.489 e. The van der Waals surface area contributed by atoms with Gasteiger partial charge in [0.1, 0.15) is 18.0 Å². The molecule has 274 valence electrons. The number of carbonyl (C=O) groups is 3. The number of anilines is 1. The Bertz CT molecular complexity index is 2110. The smallest absolute Gasteiger partial charge is 0.407 e. The minimum absolute atomic E-state index is 0.00479. The highest BCUT2D eigenvalue weighted by molar-refractivity contribution is 6.08. The molecule has 4 aromatic carbocycles. The molecule has 0 radical (unpaired) electrons. The average molecular weight is 713 g/mol. The molecule has 0 fully saturated rings. The second-order valence-electron chi connectivity index (χ2n) is 14.7. The van der Waals surface area contributed by atoms with E-state index in [-0.39, 0.29) is 24.4 Å². The van der Waals surface area contributed by atoms with Crippen LogP contribution >= 0.6 is 0 Å². The van der Waals surface area contributed by atoms with Crippen molar-refractivity contribution in [2.75, 3.05) is 11.9 Å². The number of aromatic nitrogens is 1. The van der Waals surface area contributed by atoms with Crippen molar-refractivity contribution >= 4 is 23.6 Å². The Labute approximate surface area is 312 Å². The van der Waals surface area contributed by atoms with Gasteiger partial charge in [-0.15, -0.1) is 0 Å². The number of alkyl carbamates (subject to hydrolysis) is 1. The van der Waals surface area contributed by atoms with Crippen LogP contribution in [-0.2, 0) is 37.9 Å². The third-order valence-electron chi connectivity index (χ3n) is 9.74. The lowest BCUT2D eigenvalue weighted by molar-refractivity contribution is 0.0522. The molecule has 1 aromatic heterocycles. The maximum absolute atomic E-state index is 14.5.